The Bertz CT molecular complexity index is 785. The molecule has 1 fully saturated rings. The Kier molecular flexibility index (Phi) is 4.64. The first kappa shape index (κ1) is 17.0. The summed E-state index contributed by atoms with van der Waals surface area (Å²) >= 11 is 2.96. The van der Waals surface area contributed by atoms with Gasteiger partial charge in [0.05, 0.1) is 22.2 Å². The number of ketones is 1. The molecule has 1 saturated heterocycles. The van der Waals surface area contributed by atoms with Gasteiger partial charge >= 0.3 is 0 Å². The van der Waals surface area contributed by atoms with Crippen LogP contribution in [0.5, 0.6) is 0 Å². The Balaban J connectivity index is 1.78. The Morgan fingerprint density at radius 2 is 2.25 bits per heavy atom. The maximum Gasteiger partial charge on any atom is 0.238 e. The summed E-state index contributed by atoms with van der Waals surface area (Å²) in [6.45, 7) is 5.90. The van der Waals surface area contributed by atoms with Crippen molar-refractivity contribution in [1.82, 2.24) is 10.1 Å². The molecule has 0 aliphatic carbocycles. The topological polar surface area (TPSA) is 63.4 Å². The Morgan fingerprint density at radius 1 is 1.46 bits per heavy atom. The first-order valence-corrected chi connectivity index (χ1v) is 9.40. The van der Waals surface area contributed by atoms with Gasteiger partial charge in [-0.1, -0.05) is 43.8 Å². The average molecular weight is 362 g/mol. The van der Waals surface area contributed by atoms with E-state index in [1.54, 1.807) is 22.3 Å². The maximum absolute atomic E-state index is 12.2. The van der Waals surface area contributed by atoms with Crippen LogP contribution < -0.4 is 0 Å². The van der Waals surface area contributed by atoms with Crippen molar-refractivity contribution in [3.8, 4) is 10.6 Å². The molecule has 7 heteroatoms. The highest BCUT2D eigenvalue weighted by atomic mass is 32.2. The Labute approximate surface area is 148 Å². The number of rotatable bonds is 4. The zero-order chi connectivity index (χ0) is 17.3. The minimum atomic E-state index is -0.467. The van der Waals surface area contributed by atoms with Crippen molar-refractivity contribution in [3.63, 3.8) is 0 Å². The largest absolute Gasteiger partial charge is 0.355 e. The lowest BCUT2D eigenvalue weighted by molar-refractivity contribution is -0.125. The van der Waals surface area contributed by atoms with Gasteiger partial charge in [0.1, 0.15) is 5.69 Å². The van der Waals surface area contributed by atoms with Crippen LogP contribution in [-0.4, -0.2) is 27.5 Å². The molecule has 0 atom stereocenters. The lowest BCUT2D eigenvalue weighted by Gasteiger charge is -2.18. The van der Waals surface area contributed by atoms with E-state index >= 15 is 0 Å². The van der Waals surface area contributed by atoms with Gasteiger partial charge in [-0.2, -0.15) is 0 Å². The Hall–Kier alpha value is -1.86. The van der Waals surface area contributed by atoms with E-state index in [2.05, 4.69) is 5.16 Å². The number of allylic oxidation sites excluding steroid dienone is 1. The molecule has 0 radical (unpaired) electrons. The van der Waals surface area contributed by atoms with Crippen LogP contribution in [0.4, 0.5) is 0 Å². The molecule has 0 N–H and O–H groups in total. The fourth-order valence-corrected chi connectivity index (χ4v) is 3.72. The molecular formula is C17H18N2O3S2. The van der Waals surface area contributed by atoms with E-state index in [1.165, 1.54) is 11.8 Å². The van der Waals surface area contributed by atoms with E-state index in [0.29, 0.717) is 28.8 Å². The van der Waals surface area contributed by atoms with Crippen LogP contribution in [0.1, 0.15) is 26.5 Å². The highest BCUT2D eigenvalue weighted by molar-refractivity contribution is 8.04. The molecule has 0 unspecified atom stereocenters. The van der Waals surface area contributed by atoms with Crippen LogP contribution in [0.2, 0.25) is 0 Å². The van der Waals surface area contributed by atoms with Crippen molar-refractivity contribution in [1.29, 1.82) is 0 Å². The highest BCUT2D eigenvalue weighted by Gasteiger charge is 2.30. The fourth-order valence-electron chi connectivity index (χ4n) is 2.11. The minimum absolute atomic E-state index is 0.00382. The van der Waals surface area contributed by atoms with Crippen LogP contribution in [0.3, 0.4) is 0 Å². The van der Waals surface area contributed by atoms with Gasteiger partial charge in [0, 0.05) is 17.6 Å². The smallest absolute Gasteiger partial charge is 0.238 e. The number of carbonyl (C=O) groups excluding carboxylic acids is 2. The van der Waals surface area contributed by atoms with Crippen LogP contribution >= 0.6 is 23.1 Å². The van der Waals surface area contributed by atoms with Gasteiger partial charge in [-0.05, 0) is 11.4 Å². The van der Waals surface area contributed by atoms with Crippen LogP contribution in [0, 0.1) is 5.41 Å². The number of nitrogens with zero attached hydrogens (tertiary/aromatic N) is 2. The summed E-state index contributed by atoms with van der Waals surface area (Å²) in [6, 6.07) is 5.74. The monoisotopic (exact) mass is 362 g/mol. The molecule has 126 valence electrons. The summed E-state index contributed by atoms with van der Waals surface area (Å²) in [5.74, 6) is 1.02. The molecular weight excluding hydrogens is 344 g/mol. The first-order valence-electron chi connectivity index (χ1n) is 7.53. The number of amides is 1. The van der Waals surface area contributed by atoms with E-state index in [9.17, 15) is 9.59 Å². The third kappa shape index (κ3) is 3.62. The van der Waals surface area contributed by atoms with Gasteiger partial charge < -0.3 is 4.52 Å². The normalized spacial score (nSPS) is 17.0. The van der Waals surface area contributed by atoms with Crippen molar-refractivity contribution in [2.45, 2.75) is 27.3 Å². The van der Waals surface area contributed by atoms with E-state index in [0.717, 1.165) is 4.88 Å². The quantitative estimate of drug-likeness (QED) is 0.771. The van der Waals surface area contributed by atoms with Crippen molar-refractivity contribution in [3.05, 3.63) is 40.4 Å². The number of thioether (sulfide) groups is 1. The summed E-state index contributed by atoms with van der Waals surface area (Å²) in [7, 11) is 0. The van der Waals surface area contributed by atoms with Gasteiger partial charge in [-0.25, -0.2) is 0 Å². The Morgan fingerprint density at radius 3 is 2.92 bits per heavy atom. The van der Waals surface area contributed by atoms with Gasteiger partial charge in [0.15, 0.2) is 11.5 Å². The lowest BCUT2D eigenvalue weighted by atomic mass is 9.91. The summed E-state index contributed by atoms with van der Waals surface area (Å²) < 4.78 is 5.35. The lowest BCUT2D eigenvalue weighted by Crippen LogP contribution is -2.26. The molecule has 2 aromatic rings. The van der Waals surface area contributed by atoms with Crippen LogP contribution in [0.25, 0.3) is 10.6 Å². The van der Waals surface area contributed by atoms with E-state index in [-0.39, 0.29) is 11.7 Å². The zero-order valence-corrected chi connectivity index (χ0v) is 15.4. The van der Waals surface area contributed by atoms with Crippen molar-refractivity contribution in [2.24, 2.45) is 5.41 Å². The van der Waals surface area contributed by atoms with Crippen LogP contribution in [0.15, 0.2) is 39.2 Å². The zero-order valence-electron chi connectivity index (χ0n) is 13.7. The molecule has 0 saturated carbocycles. The van der Waals surface area contributed by atoms with Gasteiger partial charge in [-0.15, -0.1) is 11.3 Å². The third-order valence-electron chi connectivity index (χ3n) is 3.55. The number of aromatic nitrogens is 1. The summed E-state index contributed by atoms with van der Waals surface area (Å²) in [5, 5.41) is 6.70. The molecule has 0 spiro atoms. The number of carbonyl (C=O) groups is 2. The second kappa shape index (κ2) is 6.57. The molecule has 1 aliphatic rings. The molecule has 24 heavy (non-hydrogen) atoms. The van der Waals surface area contributed by atoms with E-state index in [4.69, 9.17) is 4.52 Å². The van der Waals surface area contributed by atoms with Crippen molar-refractivity contribution in [2.75, 3.05) is 5.75 Å². The molecule has 3 rings (SSSR count). The molecule has 5 nitrogen and oxygen atoms in total. The molecule has 0 aromatic carbocycles. The first-order chi connectivity index (χ1) is 11.3. The van der Waals surface area contributed by atoms with Crippen LogP contribution in [-0.2, 0) is 16.1 Å². The highest BCUT2D eigenvalue weighted by Crippen LogP contribution is 2.32. The predicted octanol–water partition coefficient (Wildman–Crippen LogP) is 3.94. The summed E-state index contributed by atoms with van der Waals surface area (Å²) in [5.41, 5.74) is 0.203. The van der Waals surface area contributed by atoms with Crippen molar-refractivity contribution >= 4 is 34.8 Å². The standard InChI is InChI=1S/C17H18N2O3S2/c1-17(2,3)14(20)8-16-19(15(21)10-24-16)9-11-7-12(22-18-11)13-5-4-6-23-13/h4-8H,9-10H2,1-3H3/b16-8+. The number of hydrogen-bond donors (Lipinski definition) is 0. The maximum atomic E-state index is 12.2. The number of thiophene rings is 1. The number of hydrogen-bond acceptors (Lipinski definition) is 6. The molecule has 0 bridgehead atoms. The third-order valence-corrected chi connectivity index (χ3v) is 5.46. The molecule has 1 aliphatic heterocycles. The average Bonchev–Trinajstić information content (AvgIpc) is 3.22. The van der Waals surface area contributed by atoms with Gasteiger partial charge in [0.2, 0.25) is 5.91 Å². The molecule has 1 amide bonds. The fraction of sp³-hybridized carbons (Fsp3) is 0.353. The summed E-state index contributed by atoms with van der Waals surface area (Å²) in [4.78, 5) is 27.0. The predicted molar refractivity (Wildman–Crippen MR) is 95.4 cm³/mol. The SMILES string of the molecule is CC(C)(C)C(=O)/C=C1/SCC(=O)N1Cc1cc(-c2cccs2)on1. The van der Waals surface area contributed by atoms with Gasteiger partial charge in [-0.3, -0.25) is 14.5 Å². The summed E-state index contributed by atoms with van der Waals surface area (Å²) in [6.07, 6.45) is 1.57. The van der Waals surface area contributed by atoms with E-state index < -0.39 is 5.41 Å². The van der Waals surface area contributed by atoms with Crippen molar-refractivity contribution < 1.29 is 14.1 Å². The molecule has 3 heterocycles. The van der Waals surface area contributed by atoms with Gasteiger partial charge in [0.25, 0.3) is 0 Å². The molecule has 2 aromatic heterocycles. The van der Waals surface area contributed by atoms with E-state index in [1.807, 2.05) is 44.4 Å². The minimum Gasteiger partial charge on any atom is -0.355 e. The second-order valence-corrected chi connectivity index (χ2v) is 8.47. The second-order valence-electron chi connectivity index (χ2n) is 6.53.